The third kappa shape index (κ3) is 1.13. The van der Waals surface area contributed by atoms with Crippen molar-refractivity contribution in [1.82, 2.24) is 0 Å². The third-order valence-corrected chi connectivity index (χ3v) is 3.82. The normalized spacial score (nSPS) is 20.2. The van der Waals surface area contributed by atoms with Crippen molar-refractivity contribution in [1.29, 1.82) is 0 Å². The molecule has 1 aromatic heterocycles. The quantitative estimate of drug-likeness (QED) is 0.724. The average Bonchev–Trinajstić information content (AvgIpc) is 2.55. The number of carbonyl (C=O) groups is 1. The van der Waals surface area contributed by atoms with Crippen LogP contribution >= 0.6 is 11.3 Å². The van der Waals surface area contributed by atoms with Gasteiger partial charge in [-0.25, -0.2) is 4.79 Å². The van der Waals surface area contributed by atoms with Crippen LogP contribution in [0.1, 0.15) is 39.4 Å². The Hall–Kier alpha value is -1.03. The second-order valence-corrected chi connectivity index (χ2v) is 4.53. The number of aryl methyl sites for hydroxylation is 1. The second kappa shape index (κ2) is 2.73. The van der Waals surface area contributed by atoms with E-state index in [2.05, 4.69) is 6.92 Å². The van der Waals surface area contributed by atoms with E-state index in [-0.39, 0.29) is 0 Å². The minimum absolute atomic E-state index is 0.316. The van der Waals surface area contributed by atoms with Gasteiger partial charge in [0.05, 0.1) is 5.69 Å². The predicted molar refractivity (Wildman–Crippen MR) is 52.4 cm³/mol. The largest absolute Gasteiger partial charge is 0.477 e. The number of thiophene rings is 1. The smallest absolute Gasteiger partial charge is 0.348 e. The minimum atomic E-state index is -0.899. The molecule has 0 saturated heterocycles. The molecule has 1 atom stereocenters. The molecular weight excluding hydrogens is 186 g/mol. The maximum atomic E-state index is 10.8. The highest BCUT2D eigenvalue weighted by molar-refractivity contribution is 7.14. The number of carboxylic acid groups (broad SMARTS) is 1. The highest BCUT2D eigenvalue weighted by atomic mass is 32.1. The second-order valence-electron chi connectivity index (χ2n) is 3.43. The number of fused-ring (bicyclic) bond motifs is 1. The minimum Gasteiger partial charge on any atom is -0.477 e. The summed E-state index contributed by atoms with van der Waals surface area (Å²) in [6.45, 7) is 2.10. The molecule has 2 rings (SSSR count). The van der Waals surface area contributed by atoms with Gasteiger partial charge >= 0.3 is 5.97 Å². The SMILES string of the molecule is CC1CCc2sc(C(=O)O)c(N)c21. The lowest BCUT2D eigenvalue weighted by Gasteiger charge is -2.02. The molecule has 0 fully saturated rings. The fourth-order valence-corrected chi connectivity index (χ4v) is 3.08. The van der Waals surface area contributed by atoms with Gasteiger partial charge in [0.2, 0.25) is 0 Å². The average molecular weight is 197 g/mol. The van der Waals surface area contributed by atoms with E-state index in [1.54, 1.807) is 0 Å². The van der Waals surface area contributed by atoms with Crippen LogP contribution in [0.25, 0.3) is 0 Å². The third-order valence-electron chi connectivity index (χ3n) is 2.55. The van der Waals surface area contributed by atoms with E-state index >= 15 is 0 Å². The molecule has 1 aromatic rings. The molecule has 1 aliphatic carbocycles. The summed E-state index contributed by atoms with van der Waals surface area (Å²) in [6, 6.07) is 0. The Morgan fingerprint density at radius 3 is 2.92 bits per heavy atom. The van der Waals surface area contributed by atoms with Gasteiger partial charge < -0.3 is 10.8 Å². The number of anilines is 1. The lowest BCUT2D eigenvalue weighted by Crippen LogP contribution is -2.00. The molecular formula is C9H11NO2S. The van der Waals surface area contributed by atoms with E-state index in [0.29, 0.717) is 16.5 Å². The highest BCUT2D eigenvalue weighted by Gasteiger charge is 2.28. The number of hydrogen-bond donors (Lipinski definition) is 2. The zero-order valence-electron chi connectivity index (χ0n) is 7.33. The summed E-state index contributed by atoms with van der Waals surface area (Å²) >= 11 is 1.34. The molecule has 1 unspecified atom stereocenters. The van der Waals surface area contributed by atoms with Crippen LogP contribution in [0.5, 0.6) is 0 Å². The van der Waals surface area contributed by atoms with Crippen LogP contribution in [0, 0.1) is 0 Å². The number of hydrogen-bond acceptors (Lipinski definition) is 3. The van der Waals surface area contributed by atoms with Crippen LogP contribution in [0.4, 0.5) is 5.69 Å². The van der Waals surface area contributed by atoms with Crippen molar-refractivity contribution in [3.05, 3.63) is 15.3 Å². The van der Waals surface area contributed by atoms with Gasteiger partial charge in [-0.05, 0) is 24.3 Å². The van der Waals surface area contributed by atoms with E-state index in [0.717, 1.165) is 18.4 Å². The Morgan fingerprint density at radius 2 is 2.38 bits per heavy atom. The Balaban J connectivity index is 2.56. The molecule has 0 aliphatic heterocycles. The van der Waals surface area contributed by atoms with Crippen LogP contribution in [0.2, 0.25) is 0 Å². The van der Waals surface area contributed by atoms with Crippen molar-refractivity contribution in [3.8, 4) is 0 Å². The molecule has 0 amide bonds. The number of aromatic carboxylic acids is 1. The van der Waals surface area contributed by atoms with Crippen molar-refractivity contribution in [2.45, 2.75) is 25.7 Å². The summed E-state index contributed by atoms with van der Waals surface area (Å²) in [5, 5.41) is 8.84. The molecule has 13 heavy (non-hydrogen) atoms. The fourth-order valence-electron chi connectivity index (χ4n) is 1.88. The molecule has 3 nitrogen and oxygen atoms in total. The van der Waals surface area contributed by atoms with E-state index in [9.17, 15) is 4.79 Å². The molecule has 4 heteroatoms. The molecule has 70 valence electrons. The first-order chi connectivity index (χ1) is 6.11. The maximum absolute atomic E-state index is 10.8. The van der Waals surface area contributed by atoms with Crippen molar-refractivity contribution in [3.63, 3.8) is 0 Å². The number of rotatable bonds is 1. The van der Waals surface area contributed by atoms with Gasteiger partial charge in [0, 0.05) is 4.88 Å². The molecule has 0 radical (unpaired) electrons. The Bertz CT molecular complexity index is 370. The van der Waals surface area contributed by atoms with Crippen LogP contribution in [-0.2, 0) is 6.42 Å². The monoisotopic (exact) mass is 197 g/mol. The first kappa shape index (κ1) is 8.56. The van der Waals surface area contributed by atoms with Crippen molar-refractivity contribution in [2.24, 2.45) is 0 Å². The molecule has 0 aromatic carbocycles. The van der Waals surface area contributed by atoms with Crippen LogP contribution in [0.15, 0.2) is 0 Å². The number of nitrogens with two attached hydrogens (primary N) is 1. The lowest BCUT2D eigenvalue weighted by atomic mass is 10.0. The lowest BCUT2D eigenvalue weighted by molar-refractivity contribution is 0.0703. The van der Waals surface area contributed by atoms with Gasteiger partial charge in [-0.1, -0.05) is 6.92 Å². The summed E-state index contributed by atoms with van der Waals surface area (Å²) in [7, 11) is 0. The van der Waals surface area contributed by atoms with Crippen LogP contribution in [0.3, 0.4) is 0 Å². The van der Waals surface area contributed by atoms with Crippen molar-refractivity contribution >= 4 is 23.0 Å². The number of nitrogen functional groups attached to an aromatic ring is 1. The van der Waals surface area contributed by atoms with Gasteiger partial charge in [-0.15, -0.1) is 11.3 Å². The van der Waals surface area contributed by atoms with Gasteiger partial charge in [0.25, 0.3) is 0 Å². The van der Waals surface area contributed by atoms with Gasteiger partial charge in [0.1, 0.15) is 4.88 Å². The Kier molecular flexibility index (Phi) is 1.80. The zero-order valence-corrected chi connectivity index (χ0v) is 8.15. The van der Waals surface area contributed by atoms with E-state index in [4.69, 9.17) is 10.8 Å². The Labute approximate surface area is 80.2 Å². The van der Waals surface area contributed by atoms with E-state index in [1.165, 1.54) is 16.2 Å². The van der Waals surface area contributed by atoms with Gasteiger partial charge in [0.15, 0.2) is 0 Å². The predicted octanol–water partition coefficient (Wildman–Crippen LogP) is 2.08. The zero-order chi connectivity index (χ0) is 9.59. The van der Waals surface area contributed by atoms with Crippen LogP contribution in [-0.4, -0.2) is 11.1 Å². The fraction of sp³-hybridized carbons (Fsp3) is 0.444. The Morgan fingerprint density at radius 1 is 1.69 bits per heavy atom. The van der Waals surface area contributed by atoms with E-state index in [1.807, 2.05) is 0 Å². The summed E-state index contributed by atoms with van der Waals surface area (Å²) < 4.78 is 0. The maximum Gasteiger partial charge on any atom is 0.348 e. The molecule has 1 aliphatic rings. The molecule has 0 spiro atoms. The van der Waals surface area contributed by atoms with Crippen LogP contribution < -0.4 is 5.73 Å². The topological polar surface area (TPSA) is 63.3 Å². The first-order valence-corrected chi connectivity index (χ1v) is 5.07. The standard InChI is InChI=1S/C9H11NO2S/c1-4-2-3-5-6(4)7(10)8(13-5)9(11)12/h4H,2-3,10H2,1H3,(H,11,12). The summed E-state index contributed by atoms with van der Waals surface area (Å²) in [5.41, 5.74) is 7.36. The summed E-state index contributed by atoms with van der Waals surface area (Å²) in [6.07, 6.45) is 2.09. The molecule has 0 bridgehead atoms. The van der Waals surface area contributed by atoms with Gasteiger partial charge in [-0.2, -0.15) is 0 Å². The number of carboxylic acids is 1. The van der Waals surface area contributed by atoms with Crippen molar-refractivity contribution in [2.75, 3.05) is 5.73 Å². The summed E-state index contributed by atoms with van der Waals surface area (Å²) in [4.78, 5) is 12.2. The summed E-state index contributed by atoms with van der Waals surface area (Å²) in [5.74, 6) is -0.469. The van der Waals surface area contributed by atoms with E-state index < -0.39 is 5.97 Å². The van der Waals surface area contributed by atoms with Gasteiger partial charge in [-0.3, -0.25) is 0 Å². The highest BCUT2D eigenvalue weighted by Crippen LogP contribution is 2.43. The molecule has 1 heterocycles. The van der Waals surface area contributed by atoms with Crippen molar-refractivity contribution < 1.29 is 9.90 Å². The first-order valence-electron chi connectivity index (χ1n) is 4.25. The molecule has 3 N–H and O–H groups in total. The molecule has 0 saturated carbocycles.